The maximum Gasteiger partial charge on any atom is 0.326 e. The first-order valence-corrected chi connectivity index (χ1v) is 6.70. The minimum absolute atomic E-state index is 0.114. The molecule has 2 unspecified atom stereocenters. The van der Waals surface area contributed by atoms with Gasteiger partial charge < -0.3 is 15.3 Å². The SMILES string of the molecule is CC1CCCN(C(=O)NC(C(=O)O)C(C)C)CC1. The lowest BCUT2D eigenvalue weighted by molar-refractivity contribution is -0.140. The number of nitrogens with one attached hydrogen (secondary N) is 1. The molecule has 5 nitrogen and oxygen atoms in total. The van der Waals surface area contributed by atoms with Crippen LogP contribution < -0.4 is 5.32 Å². The molecule has 0 radical (unpaired) electrons. The lowest BCUT2D eigenvalue weighted by Gasteiger charge is -2.25. The summed E-state index contributed by atoms with van der Waals surface area (Å²) in [6, 6.07) is -1.05. The van der Waals surface area contributed by atoms with Gasteiger partial charge in [-0.25, -0.2) is 9.59 Å². The molecule has 0 aromatic rings. The molecule has 0 spiro atoms. The van der Waals surface area contributed by atoms with Crippen molar-refractivity contribution in [2.75, 3.05) is 13.1 Å². The molecule has 1 heterocycles. The van der Waals surface area contributed by atoms with Gasteiger partial charge in [-0.3, -0.25) is 0 Å². The first-order valence-electron chi connectivity index (χ1n) is 6.70. The molecule has 0 aromatic heterocycles. The van der Waals surface area contributed by atoms with Crippen molar-refractivity contribution in [3.63, 3.8) is 0 Å². The zero-order chi connectivity index (χ0) is 13.7. The lowest BCUT2D eigenvalue weighted by atomic mass is 10.0. The van der Waals surface area contributed by atoms with E-state index in [2.05, 4.69) is 12.2 Å². The van der Waals surface area contributed by atoms with Gasteiger partial charge in [0, 0.05) is 13.1 Å². The number of rotatable bonds is 3. The summed E-state index contributed by atoms with van der Waals surface area (Å²) in [6.45, 7) is 7.22. The fourth-order valence-corrected chi connectivity index (χ4v) is 2.20. The molecule has 2 amide bonds. The topological polar surface area (TPSA) is 69.6 Å². The van der Waals surface area contributed by atoms with E-state index in [1.165, 1.54) is 0 Å². The van der Waals surface area contributed by atoms with E-state index in [4.69, 9.17) is 5.11 Å². The predicted octanol–water partition coefficient (Wildman–Crippen LogP) is 1.93. The van der Waals surface area contributed by atoms with Crippen molar-refractivity contribution in [3.8, 4) is 0 Å². The lowest BCUT2D eigenvalue weighted by Crippen LogP contribution is -2.50. The van der Waals surface area contributed by atoms with E-state index in [9.17, 15) is 9.59 Å². The summed E-state index contributed by atoms with van der Waals surface area (Å²) in [5.41, 5.74) is 0. The molecule has 1 aliphatic rings. The first kappa shape index (κ1) is 14.8. The molecule has 2 atom stereocenters. The molecule has 5 heteroatoms. The highest BCUT2D eigenvalue weighted by Gasteiger charge is 2.26. The molecule has 0 saturated carbocycles. The molecular weight excluding hydrogens is 232 g/mol. The van der Waals surface area contributed by atoms with Crippen LogP contribution in [0.15, 0.2) is 0 Å². The van der Waals surface area contributed by atoms with E-state index in [0.29, 0.717) is 5.92 Å². The van der Waals surface area contributed by atoms with Gasteiger partial charge in [0.15, 0.2) is 0 Å². The number of amides is 2. The van der Waals surface area contributed by atoms with Gasteiger partial charge in [0.05, 0.1) is 0 Å². The third kappa shape index (κ3) is 4.20. The van der Waals surface area contributed by atoms with Gasteiger partial charge in [0.25, 0.3) is 0 Å². The van der Waals surface area contributed by atoms with Crippen LogP contribution in [0.2, 0.25) is 0 Å². The number of carbonyl (C=O) groups is 2. The maximum absolute atomic E-state index is 12.0. The molecule has 18 heavy (non-hydrogen) atoms. The number of hydrogen-bond donors (Lipinski definition) is 2. The number of aliphatic carboxylic acids is 1. The van der Waals surface area contributed by atoms with E-state index in [0.717, 1.165) is 32.4 Å². The van der Waals surface area contributed by atoms with Crippen molar-refractivity contribution in [1.29, 1.82) is 0 Å². The third-order valence-electron chi connectivity index (χ3n) is 3.52. The Balaban J connectivity index is 2.55. The minimum Gasteiger partial charge on any atom is -0.480 e. The summed E-state index contributed by atoms with van der Waals surface area (Å²) in [6.07, 6.45) is 3.12. The van der Waals surface area contributed by atoms with Crippen LogP contribution in [0.3, 0.4) is 0 Å². The van der Waals surface area contributed by atoms with E-state index in [-0.39, 0.29) is 11.9 Å². The number of carboxylic acids is 1. The van der Waals surface area contributed by atoms with Crippen LogP contribution in [0.5, 0.6) is 0 Å². The van der Waals surface area contributed by atoms with Crippen molar-refractivity contribution in [1.82, 2.24) is 10.2 Å². The second-order valence-electron chi connectivity index (χ2n) is 5.53. The molecule has 1 saturated heterocycles. The molecule has 104 valence electrons. The quantitative estimate of drug-likeness (QED) is 0.810. The summed E-state index contributed by atoms with van der Waals surface area (Å²) in [5.74, 6) is -0.443. The second kappa shape index (κ2) is 6.61. The molecule has 2 N–H and O–H groups in total. The first-order chi connectivity index (χ1) is 8.41. The van der Waals surface area contributed by atoms with Crippen molar-refractivity contribution in [2.45, 2.75) is 46.1 Å². The van der Waals surface area contributed by atoms with Gasteiger partial charge in [0.2, 0.25) is 0 Å². The van der Waals surface area contributed by atoms with Crippen LogP contribution in [-0.4, -0.2) is 41.1 Å². The Morgan fingerprint density at radius 2 is 1.94 bits per heavy atom. The average molecular weight is 256 g/mol. The fraction of sp³-hybridized carbons (Fsp3) is 0.846. The zero-order valence-corrected chi connectivity index (χ0v) is 11.5. The van der Waals surface area contributed by atoms with E-state index < -0.39 is 12.0 Å². The van der Waals surface area contributed by atoms with Crippen LogP contribution in [-0.2, 0) is 4.79 Å². The summed E-state index contributed by atoms with van der Waals surface area (Å²) < 4.78 is 0. The van der Waals surface area contributed by atoms with Crippen LogP contribution in [0.25, 0.3) is 0 Å². The molecule has 1 fully saturated rings. The highest BCUT2D eigenvalue weighted by Crippen LogP contribution is 2.16. The van der Waals surface area contributed by atoms with Crippen molar-refractivity contribution < 1.29 is 14.7 Å². The van der Waals surface area contributed by atoms with Gasteiger partial charge in [-0.2, -0.15) is 0 Å². The molecule has 1 rings (SSSR count). The normalized spacial score (nSPS) is 22.4. The Bertz CT molecular complexity index is 305. The van der Waals surface area contributed by atoms with Crippen molar-refractivity contribution in [3.05, 3.63) is 0 Å². The monoisotopic (exact) mass is 256 g/mol. The van der Waals surface area contributed by atoms with Crippen LogP contribution in [0, 0.1) is 11.8 Å². The summed E-state index contributed by atoms with van der Waals surface area (Å²) in [5, 5.41) is 11.7. The van der Waals surface area contributed by atoms with Gasteiger partial charge in [-0.05, 0) is 31.1 Å². The highest BCUT2D eigenvalue weighted by molar-refractivity contribution is 5.82. The standard InChI is InChI=1S/C13H24N2O3/c1-9(2)11(12(16)17)14-13(18)15-7-4-5-10(3)6-8-15/h9-11H,4-8H2,1-3H3,(H,14,18)(H,16,17). The van der Waals surface area contributed by atoms with E-state index in [1.807, 2.05) is 0 Å². The van der Waals surface area contributed by atoms with Gasteiger partial charge >= 0.3 is 12.0 Å². The summed E-state index contributed by atoms with van der Waals surface area (Å²) in [4.78, 5) is 24.8. The molecular formula is C13H24N2O3. The Morgan fingerprint density at radius 3 is 2.50 bits per heavy atom. The number of hydrogen-bond acceptors (Lipinski definition) is 2. The molecule has 0 bridgehead atoms. The van der Waals surface area contributed by atoms with Crippen molar-refractivity contribution >= 4 is 12.0 Å². The maximum atomic E-state index is 12.0. The van der Waals surface area contributed by atoms with E-state index >= 15 is 0 Å². The largest absolute Gasteiger partial charge is 0.480 e. The summed E-state index contributed by atoms with van der Waals surface area (Å²) >= 11 is 0. The zero-order valence-electron chi connectivity index (χ0n) is 11.5. The van der Waals surface area contributed by atoms with E-state index in [1.54, 1.807) is 18.7 Å². The Kier molecular flexibility index (Phi) is 5.44. The number of carboxylic acid groups (broad SMARTS) is 1. The summed E-state index contributed by atoms with van der Waals surface area (Å²) in [7, 11) is 0. The van der Waals surface area contributed by atoms with Gasteiger partial charge in [-0.1, -0.05) is 20.8 Å². The van der Waals surface area contributed by atoms with Gasteiger partial charge in [0.1, 0.15) is 6.04 Å². The predicted molar refractivity (Wildman–Crippen MR) is 69.4 cm³/mol. The number of likely N-dealkylation sites (tertiary alicyclic amines) is 1. The smallest absolute Gasteiger partial charge is 0.326 e. The molecule has 0 aromatic carbocycles. The number of nitrogens with zero attached hydrogens (tertiary/aromatic N) is 1. The van der Waals surface area contributed by atoms with Crippen molar-refractivity contribution in [2.24, 2.45) is 11.8 Å². The minimum atomic E-state index is -0.971. The molecule has 0 aliphatic carbocycles. The third-order valence-corrected chi connectivity index (χ3v) is 3.52. The Morgan fingerprint density at radius 1 is 1.28 bits per heavy atom. The average Bonchev–Trinajstić information content (AvgIpc) is 2.49. The van der Waals surface area contributed by atoms with Crippen LogP contribution in [0.1, 0.15) is 40.0 Å². The fourth-order valence-electron chi connectivity index (χ4n) is 2.20. The second-order valence-corrected chi connectivity index (χ2v) is 5.53. The highest BCUT2D eigenvalue weighted by atomic mass is 16.4. The molecule has 1 aliphatic heterocycles. The number of carbonyl (C=O) groups excluding carboxylic acids is 1. The Hall–Kier alpha value is -1.26. The number of urea groups is 1. The van der Waals surface area contributed by atoms with Crippen LogP contribution in [0.4, 0.5) is 4.79 Å². The van der Waals surface area contributed by atoms with Gasteiger partial charge in [-0.15, -0.1) is 0 Å². The Labute approximate surface area is 109 Å². The van der Waals surface area contributed by atoms with Crippen LogP contribution >= 0.6 is 0 Å².